The zero-order chi connectivity index (χ0) is 12.0. The van der Waals surface area contributed by atoms with Crippen LogP contribution in [0.3, 0.4) is 0 Å². The third-order valence-corrected chi connectivity index (χ3v) is 0. The molecule has 0 saturated carbocycles. The van der Waals surface area contributed by atoms with Gasteiger partial charge in [0.25, 0.3) is 0 Å². The molecule has 0 aromatic heterocycles. The van der Waals surface area contributed by atoms with Crippen molar-refractivity contribution in [3.8, 4) is 0 Å². The topological polar surface area (TPSA) is 143 Å². The summed E-state index contributed by atoms with van der Waals surface area (Å²) >= 11 is 0. The summed E-state index contributed by atoms with van der Waals surface area (Å²) < 4.78 is 0. The van der Waals surface area contributed by atoms with Gasteiger partial charge in [-0.3, -0.25) is 0 Å². The van der Waals surface area contributed by atoms with Gasteiger partial charge in [-0.1, -0.05) is 0 Å². The zero-order valence-corrected chi connectivity index (χ0v) is 16.8. The average Bonchev–Trinajstić information content (AvgIpc) is 2.33. The van der Waals surface area contributed by atoms with E-state index in [9.17, 15) is 0 Å². The van der Waals surface area contributed by atoms with Gasteiger partial charge in [-0.2, -0.15) is 0 Å². The molecule has 0 heterocycles. The predicted octanol–water partition coefficient (Wildman–Crippen LogP) is -5.42. The van der Waals surface area contributed by atoms with Crippen LogP contribution >= 0.6 is 0 Å². The molecule has 0 unspecified atom stereocenters. The van der Waals surface area contributed by atoms with Gasteiger partial charge in [-0.15, -0.1) is 0 Å². The first-order chi connectivity index (χ1) is 6.00. The molecule has 64 valence electrons. The van der Waals surface area contributed by atoms with Gasteiger partial charge in [0.1, 0.15) is 0 Å². The third-order valence-electron chi connectivity index (χ3n) is 0. The molecule has 0 amide bonds. The quantitative estimate of drug-likeness (QED) is 0.280. The second kappa shape index (κ2) is 3950. The molecule has 0 rings (SSSR count). The summed E-state index contributed by atoms with van der Waals surface area (Å²) in [5.74, 6) is 0. The van der Waals surface area contributed by atoms with Crippen LogP contribution in [0.15, 0.2) is 0 Å². The Balaban J connectivity index is -0.00000000396. The van der Waals surface area contributed by atoms with Crippen molar-refractivity contribution >= 4 is 0 Å². The number of hydrogen-bond acceptors (Lipinski definition) is 6. The Kier molecular flexibility index (Phi) is 19600. The fraction of sp³-hybridized carbons (Fsp3) is 0. The fourth-order valence-electron chi connectivity index (χ4n) is 0. The summed E-state index contributed by atoms with van der Waals surface area (Å²) in [7, 11) is 0. The molecule has 0 aromatic carbocycles. The predicted molar refractivity (Wildman–Crippen MR) is 29.8 cm³/mol. The molecular weight excluding hydrogens is 425 g/mol. The first kappa shape index (κ1) is 74.5. The van der Waals surface area contributed by atoms with E-state index in [1.807, 2.05) is 0 Å². The minimum absolute atomic E-state index is 0. The normalized spacial score (nSPS) is 0.800. The Labute approximate surface area is 189 Å². The van der Waals surface area contributed by atoms with Crippen LogP contribution in [-0.2, 0) is 19.8 Å². The molecule has 0 aliphatic heterocycles. The molecule has 9 heteroatoms. The van der Waals surface area contributed by atoms with Crippen LogP contribution in [0.25, 0.3) is 0 Å². The van der Waals surface area contributed by atoms with Gasteiger partial charge in [0.05, 0.1) is 0 Å². The molecule has 0 aliphatic carbocycles. The van der Waals surface area contributed by atoms with E-state index in [1.165, 1.54) is 0 Å². The van der Waals surface area contributed by atoms with Crippen molar-refractivity contribution in [2.75, 3.05) is 0 Å². The summed E-state index contributed by atoms with van der Waals surface area (Å²) in [5, 5.41) is 37.5. The maximum atomic E-state index is 6.25. The summed E-state index contributed by atoms with van der Waals surface area (Å²) in [6.07, 6.45) is 0. The van der Waals surface area contributed by atoms with Gasteiger partial charge in [0.15, 0.2) is 0 Å². The Morgan fingerprint density at radius 2 is 0.333 bits per heavy atom. The van der Waals surface area contributed by atoms with Crippen molar-refractivity contribution in [2.45, 2.75) is 0 Å². The van der Waals surface area contributed by atoms with Gasteiger partial charge < -0.3 is 71.0 Å². The molecule has 0 radical (unpaired) electrons. The van der Waals surface area contributed by atoms with Crippen molar-refractivity contribution in [1.29, 1.82) is 31.6 Å². The summed E-state index contributed by atoms with van der Waals surface area (Å²) in [5.41, 5.74) is 0. The Hall–Kier alpha value is 0.849. The van der Waals surface area contributed by atoms with E-state index in [2.05, 4.69) is 0 Å². The van der Waals surface area contributed by atoms with Crippen LogP contribution in [0.4, 0.5) is 0 Å². The van der Waals surface area contributed by atoms with Crippen LogP contribution in [0.1, 0.15) is 0 Å². The van der Waals surface area contributed by atoms with Crippen LogP contribution in [0.2, 0.25) is 0 Å². The van der Waals surface area contributed by atoms with Gasteiger partial charge in [0.2, 0.25) is 0 Å². The smallest absolute Gasteiger partial charge is 0.512 e. The Morgan fingerprint density at radius 3 is 0.333 bits per heavy atom. The molecule has 0 aliphatic rings. The molecular formula is C6K2N6Os. The summed E-state index contributed by atoms with van der Waals surface area (Å²) in [6, 6.07) is 0. The molecule has 15 heavy (non-hydrogen) atoms. The van der Waals surface area contributed by atoms with Crippen LogP contribution in [0, 0.1) is 71.0 Å². The van der Waals surface area contributed by atoms with Crippen LogP contribution in [0.5, 0.6) is 0 Å². The third kappa shape index (κ3) is 3400. The number of nitrogens with zero attached hydrogens (tertiary/aromatic N) is 6. The van der Waals surface area contributed by atoms with E-state index in [4.69, 9.17) is 71.0 Å². The molecule has 0 bridgehead atoms. The van der Waals surface area contributed by atoms with E-state index in [0.717, 1.165) is 0 Å². The monoisotopic (exact) mass is 426 g/mol. The maximum Gasteiger partial charge on any atom is 4.00 e. The average molecular weight is 425 g/mol. The van der Waals surface area contributed by atoms with Gasteiger partial charge >= 0.3 is 123 Å². The van der Waals surface area contributed by atoms with Crippen LogP contribution < -0.4 is 103 Å². The molecule has 0 saturated heterocycles. The fourth-order valence-corrected chi connectivity index (χ4v) is 0. The van der Waals surface area contributed by atoms with Crippen molar-refractivity contribution in [1.82, 2.24) is 0 Å². The summed E-state index contributed by atoms with van der Waals surface area (Å²) in [4.78, 5) is 0. The number of rotatable bonds is 0. The molecule has 0 aromatic rings. The summed E-state index contributed by atoms with van der Waals surface area (Å²) in [6.45, 7) is 28.5. The molecule has 0 spiro atoms. The Morgan fingerprint density at radius 1 is 0.333 bits per heavy atom. The van der Waals surface area contributed by atoms with Gasteiger partial charge in [-0.25, -0.2) is 0 Å². The maximum absolute atomic E-state index is 6.25. The van der Waals surface area contributed by atoms with Crippen molar-refractivity contribution < 1.29 is 123 Å². The van der Waals surface area contributed by atoms with Crippen LogP contribution in [-0.4, -0.2) is 0 Å². The first-order valence-electron chi connectivity index (χ1n) is 1.34. The van der Waals surface area contributed by atoms with Gasteiger partial charge in [0, 0.05) is 0 Å². The van der Waals surface area contributed by atoms with Crippen molar-refractivity contribution in [2.24, 2.45) is 0 Å². The van der Waals surface area contributed by atoms with E-state index < -0.39 is 0 Å². The molecule has 0 atom stereocenters. The standard InChI is InChI=1S/6CN.2K.Os/c6*1-2;;;/q6*-1;2*+1;+4. The second-order valence-electron chi connectivity index (χ2n) is 0. The molecule has 0 fully saturated rings. The van der Waals surface area contributed by atoms with Gasteiger partial charge in [-0.05, 0) is 0 Å². The van der Waals surface area contributed by atoms with E-state index in [-0.39, 0.29) is 123 Å². The molecule has 6 nitrogen and oxygen atoms in total. The SMILES string of the molecule is [C-]#N.[C-]#N.[C-]#N.[C-]#N.[C-]#N.[C-]#N.[K+].[K+].[Os+4]. The number of hydrogen-bond donors (Lipinski definition) is 0. The van der Waals surface area contributed by atoms with E-state index in [0.29, 0.717) is 0 Å². The van der Waals surface area contributed by atoms with E-state index in [1.54, 1.807) is 0 Å². The first-order valence-corrected chi connectivity index (χ1v) is 1.34. The Bertz CT molecular complexity index is 101. The second-order valence-corrected chi connectivity index (χ2v) is 0. The molecule has 0 N–H and O–H groups in total. The van der Waals surface area contributed by atoms with Crippen molar-refractivity contribution in [3.05, 3.63) is 39.4 Å². The minimum atomic E-state index is 0. The largest absolute Gasteiger partial charge is 4.00 e. The zero-order valence-electron chi connectivity index (χ0n) is 8.04. The minimum Gasteiger partial charge on any atom is -0.512 e. The van der Waals surface area contributed by atoms with E-state index >= 15 is 0 Å². The van der Waals surface area contributed by atoms with Crippen molar-refractivity contribution in [3.63, 3.8) is 0 Å².